The molecule has 2 nitrogen and oxygen atoms in total. The van der Waals surface area contributed by atoms with Crippen molar-refractivity contribution < 1.29 is 4.79 Å². The zero-order chi connectivity index (χ0) is 14.9. The molecule has 0 aliphatic rings. The van der Waals surface area contributed by atoms with E-state index >= 15 is 0 Å². The highest BCUT2D eigenvalue weighted by atomic mass is 35.5. The first-order chi connectivity index (χ1) is 10.3. The third kappa shape index (κ3) is 5.24. The molecule has 1 unspecified atom stereocenters. The summed E-state index contributed by atoms with van der Waals surface area (Å²) in [5.74, 6) is 0.646. The lowest BCUT2D eigenvalue weighted by Gasteiger charge is -2.18. The topological polar surface area (TPSA) is 29.1 Å². The summed E-state index contributed by atoms with van der Waals surface area (Å²) >= 11 is 5.60. The number of rotatable bonds is 7. The van der Waals surface area contributed by atoms with Gasteiger partial charge in [0.05, 0.1) is 0 Å². The van der Waals surface area contributed by atoms with E-state index in [2.05, 4.69) is 29.6 Å². The Morgan fingerprint density at radius 1 is 1.00 bits per heavy atom. The average Bonchev–Trinajstić information content (AvgIpc) is 2.53. The molecular weight excluding hydrogens is 282 g/mol. The third-order valence-electron chi connectivity index (χ3n) is 3.46. The molecule has 0 saturated heterocycles. The fourth-order valence-corrected chi connectivity index (χ4v) is 2.51. The van der Waals surface area contributed by atoms with Crippen LogP contribution in [0.3, 0.4) is 0 Å². The Labute approximate surface area is 131 Å². The lowest BCUT2D eigenvalue weighted by Crippen LogP contribution is -2.29. The van der Waals surface area contributed by atoms with Crippen LogP contribution < -0.4 is 5.32 Å². The van der Waals surface area contributed by atoms with Gasteiger partial charge in [-0.05, 0) is 17.5 Å². The van der Waals surface area contributed by atoms with Gasteiger partial charge in [0.1, 0.15) is 0 Å². The summed E-state index contributed by atoms with van der Waals surface area (Å²) < 4.78 is 0. The number of hydrogen-bond donors (Lipinski definition) is 1. The number of halogens is 1. The van der Waals surface area contributed by atoms with Crippen molar-refractivity contribution in [1.29, 1.82) is 0 Å². The van der Waals surface area contributed by atoms with Crippen LogP contribution in [0, 0.1) is 0 Å². The number of nitrogens with one attached hydrogen (secondary N) is 1. The summed E-state index contributed by atoms with van der Waals surface area (Å²) in [6.07, 6.45) is 1.28. The van der Waals surface area contributed by atoms with Crippen molar-refractivity contribution in [3.8, 4) is 0 Å². The summed E-state index contributed by atoms with van der Waals surface area (Å²) in [6, 6.07) is 20.7. The molecule has 0 bridgehead atoms. The van der Waals surface area contributed by atoms with E-state index in [9.17, 15) is 4.79 Å². The van der Waals surface area contributed by atoms with E-state index in [1.807, 2.05) is 36.4 Å². The van der Waals surface area contributed by atoms with Crippen molar-refractivity contribution in [2.24, 2.45) is 0 Å². The van der Waals surface area contributed by atoms with Gasteiger partial charge < -0.3 is 5.32 Å². The van der Waals surface area contributed by atoms with E-state index in [1.165, 1.54) is 11.1 Å². The summed E-state index contributed by atoms with van der Waals surface area (Å²) in [6.45, 7) is 0.634. The van der Waals surface area contributed by atoms with Gasteiger partial charge in [-0.2, -0.15) is 0 Å². The van der Waals surface area contributed by atoms with Gasteiger partial charge in [-0.25, -0.2) is 0 Å². The highest BCUT2D eigenvalue weighted by Crippen LogP contribution is 2.20. The van der Waals surface area contributed by atoms with Gasteiger partial charge in [-0.1, -0.05) is 60.7 Å². The largest absolute Gasteiger partial charge is 0.355 e. The van der Waals surface area contributed by atoms with Crippen LogP contribution in [0.4, 0.5) is 0 Å². The Hall–Kier alpha value is -1.80. The van der Waals surface area contributed by atoms with Crippen LogP contribution in [-0.4, -0.2) is 18.3 Å². The molecule has 0 fully saturated rings. The first-order valence-corrected chi connectivity index (χ1v) is 7.74. The fraction of sp³-hybridized carbons (Fsp3) is 0.278. The highest BCUT2D eigenvalue weighted by Gasteiger charge is 2.13. The fourth-order valence-electron chi connectivity index (χ4n) is 2.34. The molecule has 0 saturated carbocycles. The van der Waals surface area contributed by atoms with Gasteiger partial charge in [0, 0.05) is 24.8 Å². The summed E-state index contributed by atoms with van der Waals surface area (Å²) in [5, 5.41) is 2.98. The molecule has 2 aromatic carbocycles. The second-order valence-electron chi connectivity index (χ2n) is 5.04. The zero-order valence-electron chi connectivity index (χ0n) is 12.0. The number of alkyl halides is 1. The van der Waals surface area contributed by atoms with E-state index in [0.717, 1.165) is 6.42 Å². The van der Waals surface area contributed by atoms with E-state index in [1.54, 1.807) is 0 Å². The maximum Gasteiger partial charge on any atom is 0.221 e. The minimum absolute atomic E-state index is 0.0130. The minimum Gasteiger partial charge on any atom is -0.355 e. The van der Waals surface area contributed by atoms with Gasteiger partial charge in [0.15, 0.2) is 0 Å². The average molecular weight is 302 g/mol. The molecule has 2 rings (SSSR count). The molecular formula is C18H20ClNO. The SMILES string of the molecule is O=C(CCCl)NCC(Cc1ccccc1)c1ccccc1. The normalized spacial score (nSPS) is 11.9. The molecule has 0 aliphatic heterocycles. The van der Waals surface area contributed by atoms with Crippen molar-refractivity contribution in [3.05, 3.63) is 71.8 Å². The lowest BCUT2D eigenvalue weighted by molar-refractivity contribution is -0.120. The molecule has 2 aromatic rings. The molecule has 3 heteroatoms. The van der Waals surface area contributed by atoms with Gasteiger partial charge in [0.2, 0.25) is 5.91 Å². The van der Waals surface area contributed by atoms with Gasteiger partial charge in [-0.15, -0.1) is 11.6 Å². The van der Waals surface area contributed by atoms with Gasteiger partial charge in [-0.3, -0.25) is 4.79 Å². The van der Waals surface area contributed by atoms with E-state index in [-0.39, 0.29) is 11.8 Å². The Bertz CT molecular complexity index is 542. The van der Waals surface area contributed by atoms with Crippen molar-refractivity contribution in [1.82, 2.24) is 5.32 Å². The second kappa shape index (κ2) is 8.48. The van der Waals surface area contributed by atoms with Crippen molar-refractivity contribution in [3.63, 3.8) is 0 Å². The molecule has 1 atom stereocenters. The van der Waals surface area contributed by atoms with Crippen LogP contribution >= 0.6 is 11.6 Å². The standard InChI is InChI=1S/C18H20ClNO/c19-12-11-18(21)20-14-17(16-9-5-2-6-10-16)13-15-7-3-1-4-8-15/h1-10,17H,11-14H2,(H,20,21). The van der Waals surface area contributed by atoms with Crippen molar-refractivity contribution >= 4 is 17.5 Å². The molecule has 0 aromatic heterocycles. The van der Waals surface area contributed by atoms with Crippen LogP contribution in [-0.2, 0) is 11.2 Å². The van der Waals surface area contributed by atoms with E-state index < -0.39 is 0 Å². The molecule has 0 radical (unpaired) electrons. The maximum absolute atomic E-state index is 11.6. The summed E-state index contributed by atoms with van der Waals surface area (Å²) in [5.41, 5.74) is 2.52. The Balaban J connectivity index is 2.06. The highest BCUT2D eigenvalue weighted by molar-refractivity contribution is 6.18. The van der Waals surface area contributed by atoms with Gasteiger partial charge in [0.25, 0.3) is 0 Å². The first kappa shape index (κ1) is 15.6. The molecule has 1 amide bonds. The molecule has 1 N–H and O–H groups in total. The number of benzene rings is 2. The Morgan fingerprint density at radius 3 is 2.24 bits per heavy atom. The molecule has 0 spiro atoms. The quantitative estimate of drug-likeness (QED) is 0.775. The van der Waals surface area contributed by atoms with Crippen LogP contribution in [0.15, 0.2) is 60.7 Å². The monoisotopic (exact) mass is 301 g/mol. The summed E-state index contributed by atoms with van der Waals surface area (Å²) in [7, 11) is 0. The molecule has 21 heavy (non-hydrogen) atoms. The van der Waals surface area contributed by atoms with E-state index in [0.29, 0.717) is 18.8 Å². The number of carbonyl (C=O) groups excluding carboxylic acids is 1. The van der Waals surface area contributed by atoms with Crippen LogP contribution in [0.5, 0.6) is 0 Å². The Morgan fingerprint density at radius 2 is 1.62 bits per heavy atom. The third-order valence-corrected chi connectivity index (χ3v) is 3.65. The summed E-state index contributed by atoms with van der Waals surface area (Å²) in [4.78, 5) is 11.6. The number of hydrogen-bond acceptors (Lipinski definition) is 1. The molecule has 0 heterocycles. The maximum atomic E-state index is 11.6. The first-order valence-electron chi connectivity index (χ1n) is 7.21. The smallest absolute Gasteiger partial charge is 0.221 e. The Kier molecular flexibility index (Phi) is 6.29. The predicted molar refractivity (Wildman–Crippen MR) is 87.7 cm³/mol. The second-order valence-corrected chi connectivity index (χ2v) is 5.42. The zero-order valence-corrected chi connectivity index (χ0v) is 12.7. The van der Waals surface area contributed by atoms with Crippen LogP contribution in [0.1, 0.15) is 23.5 Å². The van der Waals surface area contributed by atoms with Crippen molar-refractivity contribution in [2.75, 3.05) is 12.4 Å². The number of amides is 1. The van der Waals surface area contributed by atoms with Crippen LogP contribution in [0.2, 0.25) is 0 Å². The predicted octanol–water partition coefficient (Wildman–Crippen LogP) is 3.76. The van der Waals surface area contributed by atoms with E-state index in [4.69, 9.17) is 11.6 Å². The lowest BCUT2D eigenvalue weighted by atomic mass is 9.92. The van der Waals surface area contributed by atoms with Crippen LogP contribution in [0.25, 0.3) is 0 Å². The minimum atomic E-state index is 0.0130. The number of carbonyl (C=O) groups is 1. The van der Waals surface area contributed by atoms with Crippen molar-refractivity contribution in [2.45, 2.75) is 18.8 Å². The molecule has 0 aliphatic carbocycles. The van der Waals surface area contributed by atoms with Gasteiger partial charge >= 0.3 is 0 Å². The molecule has 110 valence electrons.